The predicted molar refractivity (Wildman–Crippen MR) is 128 cm³/mol. The zero-order valence-corrected chi connectivity index (χ0v) is 20.2. The number of methoxy groups -OCH3 is 1. The SMILES string of the molecule is COC(=Nc1c(-c2c(C)cccc2F)noc1C(=CN)C(=Nc1cccc(P)c1)C(F)(F)F)C(F)(F)F. The molecule has 0 spiro atoms. The molecule has 0 radical (unpaired) electrons. The molecule has 1 atom stereocenters. The third-order valence-electron chi connectivity index (χ3n) is 4.82. The molecule has 1 aromatic heterocycles. The van der Waals surface area contributed by atoms with Crippen molar-refractivity contribution in [1.29, 1.82) is 0 Å². The van der Waals surface area contributed by atoms with Gasteiger partial charge in [0, 0.05) is 11.8 Å². The van der Waals surface area contributed by atoms with Gasteiger partial charge in [0.1, 0.15) is 17.2 Å². The van der Waals surface area contributed by atoms with Crippen molar-refractivity contribution in [2.75, 3.05) is 7.11 Å². The Balaban J connectivity index is 2.37. The second-order valence-electron chi connectivity index (χ2n) is 7.39. The van der Waals surface area contributed by atoms with Crippen LogP contribution in [0.15, 0.2) is 63.2 Å². The van der Waals surface area contributed by atoms with Crippen LogP contribution in [0.4, 0.5) is 42.1 Å². The summed E-state index contributed by atoms with van der Waals surface area (Å²) in [6.07, 6.45) is -9.87. The van der Waals surface area contributed by atoms with E-state index >= 15 is 0 Å². The van der Waals surface area contributed by atoms with Gasteiger partial charge in [0.25, 0.3) is 5.90 Å². The monoisotopic (exact) mass is 546 g/mol. The lowest BCUT2D eigenvalue weighted by molar-refractivity contribution is -0.0755. The smallest absolute Gasteiger partial charge is 0.468 e. The molecule has 3 rings (SSSR count). The average Bonchev–Trinajstić information content (AvgIpc) is 3.18. The van der Waals surface area contributed by atoms with Crippen molar-refractivity contribution in [1.82, 2.24) is 5.16 Å². The van der Waals surface area contributed by atoms with E-state index in [0.29, 0.717) is 18.6 Å². The molecule has 0 fully saturated rings. The zero-order valence-electron chi connectivity index (χ0n) is 19.1. The quantitative estimate of drug-likeness (QED) is 0.180. The lowest BCUT2D eigenvalue weighted by Crippen LogP contribution is -2.25. The molecule has 14 heteroatoms. The topological polar surface area (TPSA) is 86.0 Å². The summed E-state index contributed by atoms with van der Waals surface area (Å²) in [5.41, 5.74) is 1.14. The number of rotatable bonds is 5. The molecule has 2 aromatic carbocycles. The van der Waals surface area contributed by atoms with E-state index in [1.54, 1.807) is 6.07 Å². The van der Waals surface area contributed by atoms with Gasteiger partial charge in [-0.15, -0.1) is 9.24 Å². The molecule has 0 aliphatic rings. The second kappa shape index (κ2) is 10.7. The summed E-state index contributed by atoms with van der Waals surface area (Å²) in [6, 6.07) is 9.35. The van der Waals surface area contributed by atoms with Gasteiger partial charge in [-0.2, -0.15) is 26.3 Å². The summed E-state index contributed by atoms with van der Waals surface area (Å²) in [7, 11) is 2.95. The summed E-state index contributed by atoms with van der Waals surface area (Å²) in [6.45, 7) is 1.42. The van der Waals surface area contributed by atoms with Gasteiger partial charge in [-0.1, -0.05) is 29.4 Å². The van der Waals surface area contributed by atoms with E-state index in [1.165, 1.54) is 37.3 Å². The Kier molecular flexibility index (Phi) is 8.06. The van der Waals surface area contributed by atoms with Crippen molar-refractivity contribution in [3.63, 3.8) is 0 Å². The third kappa shape index (κ3) is 6.16. The van der Waals surface area contributed by atoms with E-state index in [2.05, 4.69) is 29.1 Å². The molecule has 37 heavy (non-hydrogen) atoms. The number of nitrogens with zero attached hydrogens (tertiary/aromatic N) is 3. The van der Waals surface area contributed by atoms with Crippen LogP contribution in [0, 0.1) is 12.7 Å². The van der Waals surface area contributed by atoms with Gasteiger partial charge in [0.05, 0.1) is 18.4 Å². The molecule has 0 bridgehead atoms. The van der Waals surface area contributed by atoms with Crippen molar-refractivity contribution in [3.05, 3.63) is 65.8 Å². The summed E-state index contributed by atoms with van der Waals surface area (Å²) in [5.74, 6) is -3.70. The van der Waals surface area contributed by atoms with E-state index in [0.717, 1.165) is 6.07 Å². The minimum atomic E-state index is -5.16. The molecular formula is C23H18F7N4O2P. The van der Waals surface area contributed by atoms with Crippen molar-refractivity contribution in [3.8, 4) is 11.3 Å². The lowest BCUT2D eigenvalue weighted by atomic mass is 10.0. The van der Waals surface area contributed by atoms with E-state index in [4.69, 9.17) is 10.3 Å². The number of ether oxygens (including phenoxy) is 1. The fourth-order valence-electron chi connectivity index (χ4n) is 3.25. The van der Waals surface area contributed by atoms with E-state index in [1.807, 2.05) is 0 Å². The number of halogens is 7. The molecule has 196 valence electrons. The standard InChI is InChI=1S/C23H18F7N4O2P/c1-11-5-3-8-15(24)16(11)17-18(33-21(35-2)23(28,29)30)19(36-34-17)14(10-31)20(22(25,26)27)32-12-6-4-7-13(37)9-12/h3-10H,31,37H2,1-2H3. The summed E-state index contributed by atoms with van der Waals surface area (Å²) < 4.78 is 107. The Morgan fingerprint density at radius 2 is 1.73 bits per heavy atom. The van der Waals surface area contributed by atoms with Crippen LogP contribution in [-0.2, 0) is 4.74 Å². The van der Waals surface area contributed by atoms with Gasteiger partial charge in [-0.25, -0.2) is 14.4 Å². The van der Waals surface area contributed by atoms with Gasteiger partial charge in [-0.3, -0.25) is 0 Å². The number of benzene rings is 2. The van der Waals surface area contributed by atoms with Crippen LogP contribution < -0.4 is 11.0 Å². The van der Waals surface area contributed by atoms with Crippen molar-refractivity contribution < 1.29 is 40.0 Å². The summed E-state index contributed by atoms with van der Waals surface area (Å²) >= 11 is 0. The Hall–Kier alpha value is -3.73. The van der Waals surface area contributed by atoms with Crippen LogP contribution in [0.25, 0.3) is 16.8 Å². The normalized spacial score (nSPS) is 13.7. The van der Waals surface area contributed by atoms with Crippen molar-refractivity contribution in [2.24, 2.45) is 15.7 Å². The third-order valence-corrected chi connectivity index (χ3v) is 5.18. The van der Waals surface area contributed by atoms with Crippen LogP contribution in [-0.4, -0.2) is 36.2 Å². The van der Waals surface area contributed by atoms with Gasteiger partial charge < -0.3 is 15.0 Å². The highest BCUT2D eigenvalue weighted by Crippen LogP contribution is 2.42. The Bertz CT molecular complexity index is 1370. The highest BCUT2D eigenvalue weighted by Gasteiger charge is 2.43. The second-order valence-corrected chi connectivity index (χ2v) is 8.06. The van der Waals surface area contributed by atoms with Crippen LogP contribution >= 0.6 is 9.24 Å². The molecule has 3 aromatic rings. The fraction of sp³-hybridized carbons (Fsp3) is 0.174. The number of nitrogens with two attached hydrogens (primary N) is 1. The summed E-state index contributed by atoms with van der Waals surface area (Å²) in [4.78, 5) is 6.96. The maximum absolute atomic E-state index is 14.7. The van der Waals surface area contributed by atoms with Gasteiger partial charge >= 0.3 is 12.4 Å². The highest BCUT2D eigenvalue weighted by molar-refractivity contribution is 7.27. The largest absolute Gasteiger partial charge is 0.478 e. The van der Waals surface area contributed by atoms with Gasteiger partial charge in [0.15, 0.2) is 11.5 Å². The molecule has 6 nitrogen and oxygen atoms in total. The molecule has 1 unspecified atom stereocenters. The minimum absolute atomic E-state index is 0.137. The number of aromatic nitrogens is 1. The van der Waals surface area contributed by atoms with Crippen molar-refractivity contribution >= 4 is 43.1 Å². The van der Waals surface area contributed by atoms with Crippen LogP contribution in [0.2, 0.25) is 0 Å². The first-order valence-electron chi connectivity index (χ1n) is 10.2. The Labute approximate surface area is 207 Å². The highest BCUT2D eigenvalue weighted by atomic mass is 31.0. The van der Waals surface area contributed by atoms with E-state index < -0.39 is 52.5 Å². The minimum Gasteiger partial charge on any atom is -0.478 e. The number of alkyl halides is 6. The number of aliphatic imine (C=N–C) groups is 2. The van der Waals surface area contributed by atoms with Crippen molar-refractivity contribution in [2.45, 2.75) is 19.3 Å². The number of hydrogen-bond acceptors (Lipinski definition) is 6. The maximum atomic E-state index is 14.7. The molecule has 0 saturated carbocycles. The molecule has 1 heterocycles. The first-order chi connectivity index (χ1) is 17.3. The lowest BCUT2D eigenvalue weighted by Gasteiger charge is -2.14. The first kappa shape index (κ1) is 27.9. The molecule has 0 aliphatic carbocycles. The molecule has 0 saturated heterocycles. The Morgan fingerprint density at radius 3 is 2.27 bits per heavy atom. The van der Waals surface area contributed by atoms with E-state index in [9.17, 15) is 30.7 Å². The maximum Gasteiger partial charge on any atom is 0.468 e. The Morgan fingerprint density at radius 1 is 1.05 bits per heavy atom. The number of hydrogen-bond donors (Lipinski definition) is 1. The average molecular weight is 546 g/mol. The molecule has 0 amide bonds. The number of allylic oxidation sites excluding steroid dienone is 1. The van der Waals surface area contributed by atoms with E-state index in [-0.39, 0.29) is 16.8 Å². The zero-order chi connectivity index (χ0) is 27.5. The van der Waals surface area contributed by atoms with Crippen LogP contribution in [0.1, 0.15) is 11.3 Å². The predicted octanol–water partition coefficient (Wildman–Crippen LogP) is 6.16. The molecular weight excluding hydrogens is 528 g/mol. The molecule has 0 aliphatic heterocycles. The van der Waals surface area contributed by atoms with Gasteiger partial charge in [-0.05, 0) is 36.0 Å². The first-order valence-corrected chi connectivity index (χ1v) is 10.7. The van der Waals surface area contributed by atoms with Gasteiger partial charge in [0.2, 0.25) is 0 Å². The molecule has 2 N–H and O–H groups in total. The fourth-order valence-corrected chi connectivity index (χ4v) is 3.53. The summed E-state index contributed by atoms with van der Waals surface area (Å²) in [5, 5.41) is 4.08. The van der Waals surface area contributed by atoms with Crippen LogP contribution in [0.3, 0.4) is 0 Å². The van der Waals surface area contributed by atoms with Crippen LogP contribution in [0.5, 0.6) is 0 Å². The number of aryl methyl sites for hydroxylation is 1.